The summed E-state index contributed by atoms with van der Waals surface area (Å²) in [6.45, 7) is 0.0996. The molecular weight excluding hydrogens is 263 g/mol. The van der Waals surface area contributed by atoms with Gasteiger partial charge in [-0.25, -0.2) is 0 Å². The number of hydrogen-bond donors (Lipinski definition) is 1. The second-order valence-electron chi connectivity index (χ2n) is 3.75. The number of hydrogen-bond acceptors (Lipinski definition) is 5. The molecule has 0 aliphatic carbocycles. The average molecular weight is 273 g/mol. The van der Waals surface area contributed by atoms with E-state index in [0.29, 0.717) is 0 Å². The second kappa shape index (κ2) is 4.88. The molecule has 1 aromatic heterocycles. The Balaban J connectivity index is 2.42. The maximum atomic E-state index is 12.6. The van der Waals surface area contributed by atoms with Crippen LogP contribution in [0.3, 0.4) is 0 Å². The van der Waals surface area contributed by atoms with E-state index >= 15 is 0 Å². The van der Waals surface area contributed by atoms with Gasteiger partial charge in [-0.05, 0) is 18.2 Å². The van der Waals surface area contributed by atoms with E-state index in [-0.39, 0.29) is 29.6 Å². The highest BCUT2D eigenvalue weighted by Gasteiger charge is 2.31. The van der Waals surface area contributed by atoms with E-state index in [9.17, 15) is 13.2 Å². The van der Waals surface area contributed by atoms with Crippen LogP contribution in [0.5, 0.6) is 0 Å². The molecule has 0 saturated heterocycles. The van der Waals surface area contributed by atoms with Crippen LogP contribution in [0.4, 0.5) is 18.9 Å². The molecule has 0 bridgehead atoms. The number of halogens is 3. The molecule has 19 heavy (non-hydrogen) atoms. The summed E-state index contributed by atoms with van der Waals surface area (Å²) in [5, 5.41) is 3.57. The van der Waals surface area contributed by atoms with E-state index in [0.717, 1.165) is 18.2 Å². The summed E-state index contributed by atoms with van der Waals surface area (Å²) in [5.41, 5.74) is 4.96. The number of nitrogen functional groups attached to an aromatic ring is 1. The fraction of sp³-hybridized carbons (Fsp3) is 0.273. The summed E-state index contributed by atoms with van der Waals surface area (Å²) in [5.74, 6) is 0.157. The van der Waals surface area contributed by atoms with E-state index < -0.39 is 11.7 Å². The third-order valence-corrected chi connectivity index (χ3v) is 2.35. The van der Waals surface area contributed by atoms with E-state index in [1.165, 1.54) is 7.11 Å². The molecular formula is C11H10F3N3O2. The molecule has 0 atom stereocenters. The van der Waals surface area contributed by atoms with Gasteiger partial charge in [0.2, 0.25) is 0 Å². The zero-order valence-electron chi connectivity index (χ0n) is 9.86. The highest BCUT2D eigenvalue weighted by molar-refractivity contribution is 5.71. The topological polar surface area (TPSA) is 74.2 Å². The highest BCUT2D eigenvalue weighted by atomic mass is 19.4. The average Bonchev–Trinajstić information content (AvgIpc) is 2.77. The Labute approximate surface area is 106 Å². The smallest absolute Gasteiger partial charge is 0.398 e. The first kappa shape index (κ1) is 13.3. The minimum Gasteiger partial charge on any atom is -0.398 e. The first-order valence-corrected chi connectivity index (χ1v) is 5.20. The zero-order valence-corrected chi connectivity index (χ0v) is 9.86. The molecule has 8 heteroatoms. The van der Waals surface area contributed by atoms with Gasteiger partial charge in [-0.15, -0.1) is 0 Å². The van der Waals surface area contributed by atoms with Crippen LogP contribution < -0.4 is 5.73 Å². The molecule has 0 unspecified atom stereocenters. The lowest BCUT2D eigenvalue weighted by Gasteiger charge is -2.08. The Morgan fingerprint density at radius 2 is 2.11 bits per heavy atom. The van der Waals surface area contributed by atoms with Crippen molar-refractivity contribution < 1.29 is 22.4 Å². The number of anilines is 1. The summed E-state index contributed by atoms with van der Waals surface area (Å²) in [6.07, 6.45) is -4.46. The van der Waals surface area contributed by atoms with Crippen LogP contribution in [0.1, 0.15) is 11.4 Å². The van der Waals surface area contributed by atoms with Crippen LogP contribution in [-0.2, 0) is 17.5 Å². The second-order valence-corrected chi connectivity index (χ2v) is 3.75. The van der Waals surface area contributed by atoms with Gasteiger partial charge in [0.05, 0.1) is 11.1 Å². The van der Waals surface area contributed by atoms with Gasteiger partial charge >= 0.3 is 6.18 Å². The largest absolute Gasteiger partial charge is 0.416 e. The minimum absolute atomic E-state index is 0.0460. The summed E-state index contributed by atoms with van der Waals surface area (Å²) in [4.78, 5) is 3.90. The van der Waals surface area contributed by atoms with Gasteiger partial charge < -0.3 is 15.0 Å². The van der Waals surface area contributed by atoms with Crippen molar-refractivity contribution in [2.24, 2.45) is 0 Å². The zero-order chi connectivity index (χ0) is 14.0. The van der Waals surface area contributed by atoms with Crippen LogP contribution in [-0.4, -0.2) is 17.3 Å². The summed E-state index contributed by atoms with van der Waals surface area (Å²) >= 11 is 0. The summed E-state index contributed by atoms with van der Waals surface area (Å²) in [6, 6.07) is 2.92. The molecule has 2 rings (SSSR count). The molecule has 2 N–H and O–H groups in total. The molecule has 0 saturated carbocycles. The molecule has 0 aliphatic heterocycles. The summed E-state index contributed by atoms with van der Waals surface area (Å²) in [7, 11) is 1.44. The van der Waals surface area contributed by atoms with Crippen molar-refractivity contribution in [2.75, 3.05) is 12.8 Å². The lowest BCUT2D eigenvalue weighted by Crippen LogP contribution is -2.05. The number of rotatable bonds is 3. The van der Waals surface area contributed by atoms with Crippen molar-refractivity contribution >= 4 is 5.69 Å². The molecule has 102 valence electrons. The Bertz CT molecular complexity index is 581. The van der Waals surface area contributed by atoms with Gasteiger partial charge in [0, 0.05) is 12.8 Å². The van der Waals surface area contributed by atoms with Gasteiger partial charge in [0.25, 0.3) is 5.89 Å². The fourth-order valence-electron chi connectivity index (χ4n) is 1.47. The molecule has 0 aliphatic rings. The molecule has 0 fully saturated rings. The molecule has 0 amide bonds. The van der Waals surface area contributed by atoms with Gasteiger partial charge in [0.15, 0.2) is 5.82 Å². The molecule has 0 spiro atoms. The van der Waals surface area contributed by atoms with Crippen molar-refractivity contribution in [3.05, 3.63) is 29.6 Å². The molecule has 0 radical (unpaired) electrons. The van der Waals surface area contributed by atoms with E-state index in [2.05, 4.69) is 10.1 Å². The number of aromatic nitrogens is 2. The summed E-state index contributed by atoms with van der Waals surface area (Å²) < 4.78 is 47.5. The molecule has 2 aromatic rings. The SMILES string of the molecule is COCc1noc(-c2cc(C(F)(F)F)ccc2N)n1. The van der Waals surface area contributed by atoms with E-state index in [4.69, 9.17) is 15.0 Å². The number of benzene rings is 1. The quantitative estimate of drug-likeness (QED) is 0.869. The van der Waals surface area contributed by atoms with Crippen molar-refractivity contribution in [1.82, 2.24) is 10.1 Å². The normalized spacial score (nSPS) is 11.8. The monoisotopic (exact) mass is 273 g/mol. The van der Waals surface area contributed by atoms with E-state index in [1.807, 2.05) is 0 Å². The minimum atomic E-state index is -4.46. The fourth-order valence-corrected chi connectivity index (χ4v) is 1.47. The predicted octanol–water partition coefficient (Wildman–Crippen LogP) is 2.48. The lowest BCUT2D eigenvalue weighted by atomic mass is 10.1. The van der Waals surface area contributed by atoms with Gasteiger partial charge in [-0.1, -0.05) is 5.16 Å². The first-order chi connectivity index (χ1) is 8.91. The van der Waals surface area contributed by atoms with Crippen LogP contribution in [0.25, 0.3) is 11.5 Å². The van der Waals surface area contributed by atoms with Gasteiger partial charge in [-0.3, -0.25) is 0 Å². The molecule has 1 heterocycles. The Kier molecular flexibility index (Phi) is 3.43. The first-order valence-electron chi connectivity index (χ1n) is 5.20. The standard InChI is InChI=1S/C11H10F3N3O2/c1-18-5-9-16-10(19-17-9)7-4-6(11(12,13)14)2-3-8(7)15/h2-4H,5,15H2,1H3. The number of ether oxygens (including phenoxy) is 1. The van der Waals surface area contributed by atoms with Crippen molar-refractivity contribution in [3.63, 3.8) is 0 Å². The van der Waals surface area contributed by atoms with Gasteiger partial charge in [-0.2, -0.15) is 18.2 Å². The third-order valence-electron chi connectivity index (χ3n) is 2.35. The molecule has 5 nitrogen and oxygen atoms in total. The number of nitrogens with two attached hydrogens (primary N) is 1. The maximum absolute atomic E-state index is 12.6. The number of alkyl halides is 3. The maximum Gasteiger partial charge on any atom is 0.416 e. The lowest BCUT2D eigenvalue weighted by molar-refractivity contribution is -0.137. The Morgan fingerprint density at radius 1 is 1.37 bits per heavy atom. The van der Waals surface area contributed by atoms with Crippen molar-refractivity contribution in [3.8, 4) is 11.5 Å². The Morgan fingerprint density at radius 3 is 2.74 bits per heavy atom. The van der Waals surface area contributed by atoms with Crippen LogP contribution in [0, 0.1) is 0 Å². The predicted molar refractivity (Wildman–Crippen MR) is 59.9 cm³/mol. The van der Waals surface area contributed by atoms with Crippen molar-refractivity contribution in [1.29, 1.82) is 0 Å². The van der Waals surface area contributed by atoms with Gasteiger partial charge in [0.1, 0.15) is 6.61 Å². The van der Waals surface area contributed by atoms with Crippen molar-refractivity contribution in [2.45, 2.75) is 12.8 Å². The third kappa shape index (κ3) is 2.84. The van der Waals surface area contributed by atoms with Crippen LogP contribution in [0.2, 0.25) is 0 Å². The highest BCUT2D eigenvalue weighted by Crippen LogP contribution is 2.34. The van der Waals surface area contributed by atoms with Crippen LogP contribution >= 0.6 is 0 Å². The number of methoxy groups -OCH3 is 1. The molecule has 1 aromatic carbocycles. The number of nitrogens with zero attached hydrogens (tertiary/aromatic N) is 2. The Hall–Kier alpha value is -2.09. The van der Waals surface area contributed by atoms with E-state index in [1.54, 1.807) is 0 Å². The van der Waals surface area contributed by atoms with Crippen LogP contribution in [0.15, 0.2) is 22.7 Å².